The first-order chi connectivity index (χ1) is 13.7. The number of carbonyl (C=O) groups is 1. The highest BCUT2D eigenvalue weighted by Gasteiger charge is 2.08. The number of anilines is 1. The van der Waals surface area contributed by atoms with Gasteiger partial charge in [0.15, 0.2) is 0 Å². The molecule has 0 aliphatic carbocycles. The Kier molecular flexibility index (Phi) is 7.50. The van der Waals surface area contributed by atoms with Crippen LogP contribution in [0.15, 0.2) is 78.0 Å². The number of nitrogens with one attached hydrogen (secondary N) is 1. The van der Waals surface area contributed by atoms with E-state index in [1.54, 1.807) is 18.0 Å². The monoisotopic (exact) mass is 392 g/mol. The van der Waals surface area contributed by atoms with E-state index in [9.17, 15) is 4.79 Å². The van der Waals surface area contributed by atoms with Crippen LogP contribution in [0, 0.1) is 0 Å². The van der Waals surface area contributed by atoms with Gasteiger partial charge in [0.1, 0.15) is 5.75 Å². The average molecular weight is 393 g/mol. The average Bonchev–Trinajstić information content (AvgIpc) is 2.73. The van der Waals surface area contributed by atoms with Crippen molar-refractivity contribution in [3.63, 3.8) is 0 Å². The van der Waals surface area contributed by atoms with E-state index in [1.807, 2.05) is 67.6 Å². The van der Waals surface area contributed by atoms with Gasteiger partial charge in [-0.2, -0.15) is 0 Å². The summed E-state index contributed by atoms with van der Waals surface area (Å²) < 4.78 is 5.63. The summed E-state index contributed by atoms with van der Waals surface area (Å²) in [4.78, 5) is 16.7. The fourth-order valence-electron chi connectivity index (χ4n) is 2.81. The van der Waals surface area contributed by atoms with Crippen molar-refractivity contribution in [1.29, 1.82) is 0 Å². The zero-order valence-corrected chi connectivity index (χ0v) is 16.7. The van der Waals surface area contributed by atoms with Gasteiger partial charge in [-0.3, -0.25) is 4.79 Å². The molecular weight excluding hydrogens is 368 g/mol. The molecule has 3 aromatic rings. The number of para-hydroxylation sites is 1. The third kappa shape index (κ3) is 6.13. The van der Waals surface area contributed by atoms with Crippen molar-refractivity contribution in [2.45, 2.75) is 30.5 Å². The number of hydrogen-bond donors (Lipinski definition) is 1. The van der Waals surface area contributed by atoms with E-state index in [2.05, 4.69) is 16.4 Å². The maximum absolute atomic E-state index is 12.4. The highest BCUT2D eigenvalue weighted by molar-refractivity contribution is 7.98. The van der Waals surface area contributed by atoms with E-state index >= 15 is 0 Å². The van der Waals surface area contributed by atoms with Crippen LogP contribution in [-0.2, 0) is 17.0 Å². The second-order valence-corrected chi connectivity index (χ2v) is 7.24. The molecular formula is C23H24N2O2S. The lowest BCUT2D eigenvalue weighted by atomic mass is 10.1. The van der Waals surface area contributed by atoms with Crippen LogP contribution >= 0.6 is 11.8 Å². The van der Waals surface area contributed by atoms with Gasteiger partial charge >= 0.3 is 0 Å². The molecule has 0 spiro atoms. The predicted octanol–water partition coefficient (Wildman–Crippen LogP) is 5.34. The number of nitrogens with zero attached hydrogens (tertiary/aromatic N) is 1. The Morgan fingerprint density at radius 2 is 1.93 bits per heavy atom. The third-order valence-corrected chi connectivity index (χ3v) is 5.14. The molecule has 0 aliphatic heterocycles. The standard InChI is InChI=1S/C23H24N2O2S/c1-2-27-21-11-4-3-9-19(21)13-14-22(26)25-20-10-7-8-18(16-20)17-28-23-12-5-6-15-24-23/h3-12,15-16H,2,13-14,17H2,1H3,(H,25,26). The van der Waals surface area contributed by atoms with E-state index < -0.39 is 0 Å². The summed E-state index contributed by atoms with van der Waals surface area (Å²) >= 11 is 1.68. The highest BCUT2D eigenvalue weighted by atomic mass is 32.2. The number of aromatic nitrogens is 1. The van der Waals surface area contributed by atoms with E-state index in [1.165, 1.54) is 0 Å². The Balaban J connectivity index is 1.53. The van der Waals surface area contributed by atoms with Gasteiger partial charge in [0.25, 0.3) is 0 Å². The lowest BCUT2D eigenvalue weighted by Crippen LogP contribution is -2.12. The topological polar surface area (TPSA) is 51.2 Å². The van der Waals surface area contributed by atoms with Gasteiger partial charge in [0, 0.05) is 24.1 Å². The SMILES string of the molecule is CCOc1ccccc1CCC(=O)Nc1cccc(CSc2ccccn2)c1. The molecule has 1 N–H and O–H groups in total. The maximum Gasteiger partial charge on any atom is 0.224 e. The first-order valence-electron chi connectivity index (χ1n) is 9.38. The normalized spacial score (nSPS) is 10.5. The largest absolute Gasteiger partial charge is 0.494 e. The summed E-state index contributed by atoms with van der Waals surface area (Å²) in [7, 11) is 0. The summed E-state index contributed by atoms with van der Waals surface area (Å²) in [5.41, 5.74) is 3.03. The lowest BCUT2D eigenvalue weighted by molar-refractivity contribution is -0.116. The molecule has 5 heteroatoms. The number of hydrogen-bond acceptors (Lipinski definition) is 4. The minimum Gasteiger partial charge on any atom is -0.494 e. The van der Waals surface area contributed by atoms with Crippen LogP contribution in [0.5, 0.6) is 5.75 Å². The molecule has 0 saturated carbocycles. The number of thioether (sulfide) groups is 1. The van der Waals surface area contributed by atoms with Crippen molar-refractivity contribution < 1.29 is 9.53 Å². The van der Waals surface area contributed by atoms with Gasteiger partial charge in [-0.1, -0.05) is 36.4 Å². The van der Waals surface area contributed by atoms with Crippen LogP contribution in [-0.4, -0.2) is 17.5 Å². The van der Waals surface area contributed by atoms with E-state index in [-0.39, 0.29) is 5.91 Å². The Hall–Kier alpha value is -2.79. The Morgan fingerprint density at radius 1 is 1.07 bits per heavy atom. The molecule has 0 fully saturated rings. The molecule has 4 nitrogen and oxygen atoms in total. The van der Waals surface area contributed by atoms with Crippen LogP contribution in [0.25, 0.3) is 0 Å². The number of benzene rings is 2. The van der Waals surface area contributed by atoms with Gasteiger partial charge in [0.2, 0.25) is 5.91 Å². The second-order valence-electron chi connectivity index (χ2n) is 6.25. The summed E-state index contributed by atoms with van der Waals surface area (Å²) in [6, 6.07) is 21.7. The molecule has 3 rings (SSSR count). The maximum atomic E-state index is 12.4. The molecule has 0 aliphatic rings. The van der Waals surface area contributed by atoms with Crippen LogP contribution in [0.1, 0.15) is 24.5 Å². The Labute approximate surface area is 170 Å². The summed E-state index contributed by atoms with van der Waals surface area (Å²) in [6.07, 6.45) is 2.86. The summed E-state index contributed by atoms with van der Waals surface area (Å²) in [5, 5.41) is 3.99. The predicted molar refractivity (Wildman–Crippen MR) is 115 cm³/mol. The minimum atomic E-state index is 0.000769. The van der Waals surface area contributed by atoms with Gasteiger partial charge < -0.3 is 10.1 Å². The number of ether oxygens (including phenoxy) is 1. The first-order valence-corrected chi connectivity index (χ1v) is 10.4. The fourth-order valence-corrected chi connectivity index (χ4v) is 3.61. The van der Waals surface area contributed by atoms with Gasteiger partial charge in [-0.25, -0.2) is 4.98 Å². The van der Waals surface area contributed by atoms with Crippen molar-refractivity contribution in [2.24, 2.45) is 0 Å². The van der Waals surface area contributed by atoms with Gasteiger partial charge in [-0.05, 0) is 54.8 Å². The van der Waals surface area contributed by atoms with Crippen molar-refractivity contribution in [3.8, 4) is 5.75 Å². The smallest absolute Gasteiger partial charge is 0.224 e. The van der Waals surface area contributed by atoms with Crippen LogP contribution in [0.3, 0.4) is 0 Å². The van der Waals surface area contributed by atoms with Crippen LogP contribution in [0.4, 0.5) is 5.69 Å². The number of pyridine rings is 1. The van der Waals surface area contributed by atoms with Crippen molar-refractivity contribution in [3.05, 3.63) is 84.1 Å². The molecule has 1 heterocycles. The van der Waals surface area contributed by atoms with Crippen molar-refractivity contribution in [1.82, 2.24) is 4.98 Å². The molecule has 0 saturated heterocycles. The van der Waals surface area contributed by atoms with Crippen LogP contribution in [0.2, 0.25) is 0 Å². The van der Waals surface area contributed by atoms with Crippen molar-refractivity contribution in [2.75, 3.05) is 11.9 Å². The molecule has 0 bridgehead atoms. The van der Waals surface area contributed by atoms with Gasteiger partial charge in [0.05, 0.1) is 11.6 Å². The molecule has 1 amide bonds. The minimum absolute atomic E-state index is 0.000769. The molecule has 0 unspecified atom stereocenters. The van der Waals surface area contributed by atoms with Gasteiger partial charge in [-0.15, -0.1) is 11.8 Å². The van der Waals surface area contributed by atoms with E-state index in [0.717, 1.165) is 33.3 Å². The molecule has 144 valence electrons. The fraction of sp³-hybridized carbons (Fsp3) is 0.217. The molecule has 0 atom stereocenters. The first kappa shape index (κ1) is 20.0. The molecule has 0 radical (unpaired) electrons. The Bertz CT molecular complexity index is 900. The molecule has 28 heavy (non-hydrogen) atoms. The van der Waals surface area contributed by atoms with E-state index in [0.29, 0.717) is 19.4 Å². The zero-order valence-electron chi connectivity index (χ0n) is 15.9. The number of aryl methyl sites for hydroxylation is 1. The third-order valence-electron chi connectivity index (χ3n) is 4.13. The van der Waals surface area contributed by atoms with Crippen molar-refractivity contribution >= 4 is 23.4 Å². The highest BCUT2D eigenvalue weighted by Crippen LogP contribution is 2.23. The lowest BCUT2D eigenvalue weighted by Gasteiger charge is -2.10. The van der Waals surface area contributed by atoms with E-state index in [4.69, 9.17) is 4.74 Å². The Morgan fingerprint density at radius 3 is 2.75 bits per heavy atom. The molecule has 2 aromatic carbocycles. The number of carbonyl (C=O) groups excluding carboxylic acids is 1. The molecule has 1 aromatic heterocycles. The zero-order chi connectivity index (χ0) is 19.6. The number of amides is 1. The summed E-state index contributed by atoms with van der Waals surface area (Å²) in [6.45, 7) is 2.58. The van der Waals surface area contributed by atoms with Crippen LogP contribution < -0.4 is 10.1 Å². The number of rotatable bonds is 9. The summed E-state index contributed by atoms with van der Waals surface area (Å²) in [5.74, 6) is 1.66. The quantitative estimate of drug-likeness (QED) is 0.499. The second kappa shape index (κ2) is 10.5.